The second-order valence-electron chi connectivity index (χ2n) is 16.3. The molecule has 0 fully saturated rings. The van der Waals surface area contributed by atoms with Crippen molar-refractivity contribution in [1.29, 1.82) is 0 Å². The molecule has 6 aromatic rings. The summed E-state index contributed by atoms with van der Waals surface area (Å²) in [6.07, 6.45) is 7.04. The lowest BCUT2D eigenvalue weighted by Crippen LogP contribution is -2.32. The quantitative estimate of drug-likeness (QED) is 0.0833. The van der Waals surface area contributed by atoms with Gasteiger partial charge in [0.2, 0.25) is 0 Å². The Morgan fingerprint density at radius 3 is 1.24 bits per heavy atom. The van der Waals surface area contributed by atoms with Gasteiger partial charge in [0.25, 0.3) is 0 Å². The summed E-state index contributed by atoms with van der Waals surface area (Å²) in [4.78, 5) is 26.9. The summed E-state index contributed by atoms with van der Waals surface area (Å²) in [6.45, 7) is 4.17. The van der Waals surface area contributed by atoms with Crippen LogP contribution in [0, 0.1) is 0 Å². The van der Waals surface area contributed by atoms with Crippen LogP contribution in [0.5, 0.6) is 0 Å². The van der Waals surface area contributed by atoms with Gasteiger partial charge in [-0.15, -0.1) is 23.5 Å². The number of fused-ring (bicyclic) bond motifs is 2. The Hall–Kier alpha value is -5.44. The minimum Gasteiger partial charge on any atom is -0.481 e. The Bertz CT molecular complexity index is 2250. The lowest BCUT2D eigenvalue weighted by molar-refractivity contribution is -0.138. The summed E-state index contributed by atoms with van der Waals surface area (Å²) >= 11 is 4.01. The van der Waals surface area contributed by atoms with Crippen LogP contribution in [0.4, 0.5) is 11.4 Å². The van der Waals surface area contributed by atoms with Crippen LogP contribution < -0.4 is 9.80 Å². The highest BCUT2D eigenvalue weighted by molar-refractivity contribution is 8.00. The third kappa shape index (κ3) is 13.1. The summed E-state index contributed by atoms with van der Waals surface area (Å²) in [5.74, 6) is 0.652. The standard InChI is InChI=1S/C28H31NO2S.C27H29NO2S/c30-27(31)18-8-15-22-14-7-17-26-25(22)16-9-19-29(26)20-21-32-28(23-10-3-1-4-11-23)24-12-5-2-6-13-24;29-26(30)17-16-21-13-7-15-25-24(21)14-8-18-28(25)19-20-31-27(22-9-3-1-4-10-22)23-11-5-2-6-12-23/h1-7,10-14,17,28H,8-9,15-16,18-21H2,(H,30,31);1-7,9-13,15,27H,8,14,16-20H2,(H,29,30). The maximum atomic E-state index is 11.0. The Morgan fingerprint density at radius 1 is 0.476 bits per heavy atom. The number of carboxylic acid groups (broad SMARTS) is 2. The van der Waals surface area contributed by atoms with Crippen LogP contribution in [0.15, 0.2) is 158 Å². The van der Waals surface area contributed by atoms with Crippen molar-refractivity contribution in [2.45, 2.75) is 68.3 Å². The van der Waals surface area contributed by atoms with Crippen LogP contribution in [-0.4, -0.2) is 59.8 Å². The number of anilines is 2. The predicted molar refractivity (Wildman–Crippen MR) is 265 cm³/mol. The number of hydrogen-bond acceptors (Lipinski definition) is 6. The molecule has 63 heavy (non-hydrogen) atoms. The number of rotatable bonds is 19. The zero-order valence-electron chi connectivity index (χ0n) is 36.2. The summed E-state index contributed by atoms with van der Waals surface area (Å²) in [7, 11) is 0. The molecule has 0 atom stereocenters. The number of carboxylic acids is 2. The van der Waals surface area contributed by atoms with Crippen LogP contribution in [0.2, 0.25) is 0 Å². The number of benzene rings is 6. The Labute approximate surface area is 382 Å². The van der Waals surface area contributed by atoms with E-state index >= 15 is 0 Å². The first-order valence-electron chi connectivity index (χ1n) is 22.5. The molecule has 0 unspecified atom stereocenters. The summed E-state index contributed by atoms with van der Waals surface area (Å²) in [6, 6.07) is 56.0. The molecule has 2 aliphatic heterocycles. The van der Waals surface area contributed by atoms with Crippen LogP contribution >= 0.6 is 23.5 Å². The molecular weight excluding hydrogens is 817 g/mol. The highest BCUT2D eigenvalue weighted by atomic mass is 32.2. The van der Waals surface area contributed by atoms with Crippen molar-refractivity contribution in [1.82, 2.24) is 0 Å². The number of carbonyl (C=O) groups is 2. The van der Waals surface area contributed by atoms with Gasteiger partial charge in [-0.1, -0.05) is 146 Å². The molecule has 0 aromatic heterocycles. The maximum Gasteiger partial charge on any atom is 0.303 e. The molecule has 0 amide bonds. The number of nitrogens with zero attached hydrogens (tertiary/aromatic N) is 2. The SMILES string of the molecule is O=C(O)CCCc1cccc2c1CCCN2CCSC(c1ccccc1)c1ccccc1.O=C(O)CCc1cccc2c1CCCN2CCSC(c1ccccc1)c1ccccc1. The minimum absolute atomic E-state index is 0.197. The smallest absolute Gasteiger partial charge is 0.303 e. The fraction of sp³-hybridized carbons (Fsp3) is 0.309. The minimum atomic E-state index is -0.727. The molecule has 0 saturated carbocycles. The van der Waals surface area contributed by atoms with Crippen LogP contribution in [0.1, 0.15) is 87.1 Å². The molecule has 0 bridgehead atoms. The number of hydrogen-bond donors (Lipinski definition) is 2. The largest absolute Gasteiger partial charge is 0.481 e. The molecule has 6 aromatic carbocycles. The zero-order valence-corrected chi connectivity index (χ0v) is 37.8. The fourth-order valence-electron chi connectivity index (χ4n) is 8.99. The number of aliphatic carboxylic acids is 2. The van der Waals surface area contributed by atoms with Crippen molar-refractivity contribution in [2.24, 2.45) is 0 Å². The van der Waals surface area contributed by atoms with E-state index in [1.807, 2.05) is 23.5 Å². The summed E-state index contributed by atoms with van der Waals surface area (Å²) in [5, 5.41) is 18.7. The number of aryl methyl sites for hydroxylation is 2. The molecular formula is C55H60N2O4S2. The molecule has 2 aliphatic rings. The third-order valence-electron chi connectivity index (χ3n) is 12.0. The van der Waals surface area contributed by atoms with E-state index in [9.17, 15) is 9.59 Å². The average molecular weight is 877 g/mol. The van der Waals surface area contributed by atoms with Crippen LogP contribution in [0.3, 0.4) is 0 Å². The molecule has 6 nitrogen and oxygen atoms in total. The first-order valence-corrected chi connectivity index (χ1v) is 24.6. The molecule has 0 saturated heterocycles. The van der Waals surface area contributed by atoms with Crippen LogP contribution in [0.25, 0.3) is 0 Å². The Kier molecular flexibility index (Phi) is 17.3. The Balaban J connectivity index is 0.000000189. The molecule has 8 rings (SSSR count). The fourth-order valence-corrected chi connectivity index (χ4v) is 11.5. The van der Waals surface area contributed by atoms with Gasteiger partial charge >= 0.3 is 11.9 Å². The zero-order chi connectivity index (χ0) is 43.6. The van der Waals surface area contributed by atoms with E-state index in [1.165, 1.54) is 55.9 Å². The van der Waals surface area contributed by atoms with Crippen molar-refractivity contribution in [3.63, 3.8) is 0 Å². The van der Waals surface area contributed by atoms with Crippen molar-refractivity contribution < 1.29 is 19.8 Å². The first kappa shape index (κ1) is 45.6. The topological polar surface area (TPSA) is 81.1 Å². The van der Waals surface area contributed by atoms with Crippen molar-refractivity contribution >= 4 is 46.8 Å². The molecule has 0 spiro atoms. The number of thioether (sulfide) groups is 2. The van der Waals surface area contributed by atoms with E-state index < -0.39 is 11.9 Å². The van der Waals surface area contributed by atoms with Crippen LogP contribution in [-0.2, 0) is 35.3 Å². The first-order chi connectivity index (χ1) is 30.9. The summed E-state index contributed by atoms with van der Waals surface area (Å²) in [5.41, 5.74) is 13.3. The normalized spacial score (nSPS) is 13.2. The predicted octanol–water partition coefficient (Wildman–Crippen LogP) is 12.3. The monoisotopic (exact) mass is 876 g/mol. The van der Waals surface area contributed by atoms with Gasteiger partial charge in [-0.2, -0.15) is 0 Å². The van der Waals surface area contributed by atoms with Crippen molar-refractivity contribution in [3.8, 4) is 0 Å². The molecule has 326 valence electrons. The van der Waals surface area contributed by atoms with Gasteiger partial charge in [0.15, 0.2) is 0 Å². The molecule has 0 radical (unpaired) electrons. The van der Waals surface area contributed by atoms with E-state index in [-0.39, 0.29) is 12.8 Å². The van der Waals surface area contributed by atoms with E-state index in [2.05, 4.69) is 168 Å². The van der Waals surface area contributed by atoms with Gasteiger partial charge < -0.3 is 20.0 Å². The van der Waals surface area contributed by atoms with E-state index in [4.69, 9.17) is 10.2 Å². The highest BCUT2D eigenvalue weighted by Gasteiger charge is 2.23. The maximum absolute atomic E-state index is 11.0. The lowest BCUT2D eigenvalue weighted by Gasteiger charge is -2.33. The second-order valence-corrected chi connectivity index (χ2v) is 18.7. The second kappa shape index (κ2) is 23.9. The van der Waals surface area contributed by atoms with E-state index in [0.29, 0.717) is 23.3 Å². The van der Waals surface area contributed by atoms with E-state index in [1.54, 1.807) is 0 Å². The van der Waals surface area contributed by atoms with Gasteiger partial charge in [-0.3, -0.25) is 9.59 Å². The molecule has 0 aliphatic carbocycles. The third-order valence-corrected chi connectivity index (χ3v) is 14.6. The molecule has 2 N–H and O–H groups in total. The molecule has 2 heterocycles. The van der Waals surface area contributed by atoms with Crippen molar-refractivity contribution in [2.75, 3.05) is 47.5 Å². The van der Waals surface area contributed by atoms with E-state index in [0.717, 1.165) is 69.8 Å². The Morgan fingerprint density at radius 2 is 0.857 bits per heavy atom. The lowest BCUT2D eigenvalue weighted by atomic mass is 9.93. The van der Waals surface area contributed by atoms with Gasteiger partial charge in [-0.05, 0) is 102 Å². The summed E-state index contributed by atoms with van der Waals surface area (Å²) < 4.78 is 0. The van der Waals surface area contributed by atoms with Gasteiger partial charge in [0, 0.05) is 61.9 Å². The average Bonchev–Trinajstić information content (AvgIpc) is 3.32. The highest BCUT2D eigenvalue weighted by Crippen LogP contribution is 2.38. The van der Waals surface area contributed by atoms with Crippen molar-refractivity contribution in [3.05, 3.63) is 202 Å². The molecule has 8 heteroatoms. The van der Waals surface area contributed by atoms with Gasteiger partial charge in [0.05, 0.1) is 10.5 Å². The van der Waals surface area contributed by atoms with Gasteiger partial charge in [-0.25, -0.2) is 0 Å². The van der Waals surface area contributed by atoms with Gasteiger partial charge in [0.1, 0.15) is 0 Å².